The number of alkyl halides is 8. The first-order valence-electron chi connectivity index (χ1n) is 8.03. The fraction of sp³-hybridized carbons (Fsp3) is 1.00. The molecule has 0 fully saturated rings. The second-order valence-electron chi connectivity index (χ2n) is 5.93. The second kappa shape index (κ2) is 9.20. The molecule has 1 nitrogen and oxygen atoms in total. The Bertz CT molecular complexity index is 357. The number of unbranched alkanes of at least 4 members (excludes halogenated alkanes) is 4. The number of halogens is 8. The molecule has 0 aromatic rings. The third-order valence-corrected chi connectivity index (χ3v) is 3.82. The summed E-state index contributed by atoms with van der Waals surface area (Å²) in [6.07, 6.45) is -2.00. The van der Waals surface area contributed by atoms with Crippen molar-refractivity contribution in [2.45, 2.75) is 82.0 Å². The molecule has 0 aromatic carbocycles. The fourth-order valence-electron chi connectivity index (χ4n) is 2.21. The van der Waals surface area contributed by atoms with Crippen LogP contribution in [-0.4, -0.2) is 37.3 Å². The molecule has 1 N–H and O–H groups in total. The summed E-state index contributed by atoms with van der Waals surface area (Å²) in [7, 11) is 1.36. The number of hydrogen-bond acceptors (Lipinski definition) is 1. The number of rotatable bonds is 13. The Morgan fingerprint density at radius 2 is 1.04 bits per heavy atom. The molecule has 0 aliphatic carbocycles. The Balaban J connectivity index is 5.00. The summed E-state index contributed by atoms with van der Waals surface area (Å²) in [6, 6.07) is 0. The lowest BCUT2D eigenvalue weighted by molar-refractivity contribution is -0.368. The van der Waals surface area contributed by atoms with Gasteiger partial charge in [0.15, 0.2) is 0 Å². The molecule has 0 saturated carbocycles. The minimum absolute atomic E-state index is 0.120. The van der Waals surface area contributed by atoms with E-state index >= 15 is 0 Å². The first kappa shape index (κ1) is 23.4. The first-order valence-corrected chi connectivity index (χ1v) is 8.03. The molecule has 0 aliphatic heterocycles. The highest BCUT2D eigenvalue weighted by atomic mass is 19.4. The molecule has 0 spiro atoms. The van der Waals surface area contributed by atoms with Gasteiger partial charge < -0.3 is 5.32 Å². The summed E-state index contributed by atoms with van der Waals surface area (Å²) in [6.45, 7) is 1.73. The van der Waals surface area contributed by atoms with Crippen LogP contribution in [0.1, 0.15) is 58.3 Å². The highest BCUT2D eigenvalue weighted by Gasteiger charge is 2.79. The zero-order valence-corrected chi connectivity index (χ0v) is 13.9. The second-order valence-corrected chi connectivity index (χ2v) is 5.93. The summed E-state index contributed by atoms with van der Waals surface area (Å²) >= 11 is 0. The van der Waals surface area contributed by atoms with Crippen LogP contribution in [0, 0.1) is 0 Å². The van der Waals surface area contributed by atoms with E-state index < -0.39 is 49.4 Å². The van der Waals surface area contributed by atoms with Gasteiger partial charge in [0.1, 0.15) is 0 Å². The molecule has 0 saturated heterocycles. The van der Waals surface area contributed by atoms with Gasteiger partial charge in [0.05, 0.1) is 0 Å². The summed E-state index contributed by atoms with van der Waals surface area (Å²) in [4.78, 5) is 0. The fourth-order valence-corrected chi connectivity index (χ4v) is 2.21. The lowest BCUT2D eigenvalue weighted by atomic mass is 9.92. The monoisotopic (exact) mass is 371 g/mol. The largest absolute Gasteiger partial charge is 0.378 e. The van der Waals surface area contributed by atoms with Crippen molar-refractivity contribution >= 4 is 0 Å². The van der Waals surface area contributed by atoms with Crippen LogP contribution in [0.4, 0.5) is 35.1 Å². The smallest absolute Gasteiger partial charge is 0.320 e. The van der Waals surface area contributed by atoms with E-state index in [9.17, 15) is 35.1 Å². The molecule has 0 rings (SSSR count). The third-order valence-electron chi connectivity index (χ3n) is 3.82. The van der Waals surface area contributed by atoms with Crippen LogP contribution >= 0.6 is 0 Å². The molecule has 0 atom stereocenters. The van der Waals surface area contributed by atoms with Crippen molar-refractivity contribution in [3.8, 4) is 0 Å². The zero-order chi connectivity index (χ0) is 19.1. The maximum absolute atomic E-state index is 13.6. The van der Waals surface area contributed by atoms with Crippen LogP contribution < -0.4 is 5.32 Å². The predicted octanol–water partition coefficient (Wildman–Crippen LogP) is 5.89. The molecule has 0 bridgehead atoms. The van der Waals surface area contributed by atoms with Crippen LogP contribution in [0.25, 0.3) is 0 Å². The van der Waals surface area contributed by atoms with Crippen molar-refractivity contribution in [3.63, 3.8) is 0 Å². The number of hydrogen-bond donors (Lipinski definition) is 1. The van der Waals surface area contributed by atoms with Crippen LogP contribution in [0.2, 0.25) is 0 Å². The summed E-state index contributed by atoms with van der Waals surface area (Å²) in [5, 5.41) is 2.39. The molecule has 24 heavy (non-hydrogen) atoms. The van der Waals surface area contributed by atoms with E-state index in [0.717, 1.165) is 6.42 Å². The summed E-state index contributed by atoms with van der Waals surface area (Å²) in [5.41, 5.74) is 0. The lowest BCUT2D eigenvalue weighted by Gasteiger charge is -2.37. The van der Waals surface area contributed by atoms with Crippen molar-refractivity contribution in [3.05, 3.63) is 0 Å². The number of nitrogens with one attached hydrogen (secondary N) is 1. The highest BCUT2D eigenvalue weighted by molar-refractivity contribution is 5.03. The molecule has 0 radical (unpaired) electrons. The van der Waals surface area contributed by atoms with E-state index in [2.05, 4.69) is 5.32 Å². The van der Waals surface area contributed by atoms with Gasteiger partial charge in [0.25, 0.3) is 0 Å². The molecule has 9 heteroatoms. The van der Waals surface area contributed by atoms with Gasteiger partial charge in [-0.3, -0.25) is 0 Å². The third kappa shape index (κ3) is 5.46. The van der Waals surface area contributed by atoms with Gasteiger partial charge in [0, 0.05) is 12.8 Å². The van der Waals surface area contributed by atoms with E-state index in [4.69, 9.17) is 0 Å². The topological polar surface area (TPSA) is 12.0 Å². The molecular formula is C15H25F8N. The van der Waals surface area contributed by atoms with Crippen molar-refractivity contribution in [1.82, 2.24) is 5.32 Å². The predicted molar refractivity (Wildman–Crippen MR) is 76.3 cm³/mol. The van der Waals surface area contributed by atoms with Crippen molar-refractivity contribution in [2.24, 2.45) is 0 Å². The Morgan fingerprint density at radius 1 is 0.625 bits per heavy atom. The Morgan fingerprint density at radius 3 is 1.46 bits per heavy atom. The van der Waals surface area contributed by atoms with Gasteiger partial charge in [-0.25, -0.2) is 0 Å². The molecule has 0 amide bonds. The van der Waals surface area contributed by atoms with E-state index in [0.29, 0.717) is 12.8 Å². The SMILES string of the molecule is CCCCCCCC(F)(F)C(F)(F)C(F)(F)C(F)(F)CCCNC. The normalized spacial score (nSPS) is 14.2. The maximum Gasteiger partial charge on any atom is 0.378 e. The molecule has 0 heterocycles. The van der Waals surface area contributed by atoms with Crippen molar-refractivity contribution in [1.29, 1.82) is 0 Å². The van der Waals surface area contributed by atoms with Crippen LogP contribution in [0.5, 0.6) is 0 Å². The highest BCUT2D eigenvalue weighted by Crippen LogP contribution is 2.55. The van der Waals surface area contributed by atoms with Crippen LogP contribution in [0.3, 0.4) is 0 Å². The average Bonchev–Trinajstić information content (AvgIpc) is 2.46. The van der Waals surface area contributed by atoms with E-state index in [-0.39, 0.29) is 13.0 Å². The van der Waals surface area contributed by atoms with E-state index in [1.54, 1.807) is 0 Å². The van der Waals surface area contributed by atoms with Gasteiger partial charge >= 0.3 is 23.7 Å². The van der Waals surface area contributed by atoms with Crippen molar-refractivity contribution < 1.29 is 35.1 Å². The average molecular weight is 371 g/mol. The first-order chi connectivity index (χ1) is 10.9. The maximum atomic E-state index is 13.6. The van der Waals surface area contributed by atoms with Gasteiger partial charge in [-0.1, -0.05) is 32.6 Å². The Hall–Kier alpha value is -0.600. The Kier molecular flexibility index (Phi) is 8.97. The van der Waals surface area contributed by atoms with Crippen LogP contribution in [0.15, 0.2) is 0 Å². The molecule has 0 aromatic heterocycles. The summed E-state index contributed by atoms with van der Waals surface area (Å²) in [5.74, 6) is -22.7. The van der Waals surface area contributed by atoms with Gasteiger partial charge in [-0.15, -0.1) is 0 Å². The minimum Gasteiger partial charge on any atom is -0.320 e. The molecular weight excluding hydrogens is 346 g/mol. The summed E-state index contributed by atoms with van der Waals surface area (Å²) < 4.78 is 108. The van der Waals surface area contributed by atoms with E-state index in [1.807, 2.05) is 6.92 Å². The lowest BCUT2D eigenvalue weighted by Crippen LogP contribution is -2.62. The Labute approximate surface area is 137 Å². The quantitative estimate of drug-likeness (QED) is 0.315. The van der Waals surface area contributed by atoms with Gasteiger partial charge in [0.2, 0.25) is 0 Å². The molecule has 146 valence electrons. The van der Waals surface area contributed by atoms with Gasteiger partial charge in [-0.05, 0) is 26.4 Å². The zero-order valence-electron chi connectivity index (χ0n) is 13.9. The minimum atomic E-state index is -6.12. The van der Waals surface area contributed by atoms with E-state index in [1.165, 1.54) is 7.05 Å². The molecule has 0 aliphatic rings. The van der Waals surface area contributed by atoms with Crippen molar-refractivity contribution in [2.75, 3.05) is 13.6 Å². The molecule has 0 unspecified atom stereocenters. The standard InChI is InChI=1S/C15H25F8N/c1-3-4-5-6-7-9-12(16,17)14(20,21)15(22,23)13(18,19)10-8-11-24-2/h24H,3-11H2,1-2H3. The van der Waals surface area contributed by atoms with Gasteiger partial charge in [-0.2, -0.15) is 35.1 Å². The van der Waals surface area contributed by atoms with Crippen LogP contribution in [-0.2, 0) is 0 Å².